The Hall–Kier alpha value is -1.64. The Balaban J connectivity index is 3.26. The molecule has 0 aliphatic carbocycles. The highest BCUT2D eigenvalue weighted by Crippen LogP contribution is 2.14. The number of Topliss-reactive ketones (excluding diaryl/α,β-unsaturated/α-hetero) is 1. The van der Waals surface area contributed by atoms with E-state index < -0.39 is 5.97 Å². The van der Waals surface area contributed by atoms with Gasteiger partial charge in [0.15, 0.2) is 5.78 Å². The van der Waals surface area contributed by atoms with Crippen molar-refractivity contribution >= 4 is 11.8 Å². The van der Waals surface area contributed by atoms with Gasteiger partial charge < -0.3 is 4.74 Å². The first-order chi connectivity index (χ1) is 7.10. The van der Waals surface area contributed by atoms with Crippen LogP contribution in [0.25, 0.3) is 0 Å². The van der Waals surface area contributed by atoms with E-state index in [2.05, 4.69) is 4.74 Å². The number of hydrogen-bond acceptors (Lipinski definition) is 3. The summed E-state index contributed by atoms with van der Waals surface area (Å²) in [5, 5.41) is 0. The van der Waals surface area contributed by atoms with Crippen molar-refractivity contribution in [1.29, 1.82) is 0 Å². The predicted octanol–water partition coefficient (Wildman–Crippen LogP) is 2.37. The highest BCUT2D eigenvalue weighted by atomic mass is 16.5. The summed E-state index contributed by atoms with van der Waals surface area (Å²) in [5.74, 6) is -0.508. The number of ether oxygens (including phenoxy) is 1. The SMILES string of the molecule is CCC(=O)c1ccc(C)cc1C(=O)OC. The van der Waals surface area contributed by atoms with Crippen LogP contribution in [0.1, 0.15) is 39.6 Å². The van der Waals surface area contributed by atoms with Gasteiger partial charge >= 0.3 is 5.97 Å². The average molecular weight is 206 g/mol. The molecule has 80 valence electrons. The first-order valence-electron chi connectivity index (χ1n) is 4.82. The predicted molar refractivity (Wildman–Crippen MR) is 57.1 cm³/mol. The maximum absolute atomic E-state index is 11.6. The van der Waals surface area contributed by atoms with Gasteiger partial charge in [-0.25, -0.2) is 4.79 Å². The summed E-state index contributed by atoms with van der Waals surface area (Å²) in [4.78, 5) is 23.0. The van der Waals surface area contributed by atoms with Crippen LogP contribution < -0.4 is 0 Å². The van der Waals surface area contributed by atoms with Crippen molar-refractivity contribution in [3.8, 4) is 0 Å². The zero-order valence-electron chi connectivity index (χ0n) is 9.16. The summed E-state index contributed by atoms with van der Waals surface area (Å²) >= 11 is 0. The number of esters is 1. The van der Waals surface area contributed by atoms with Crippen molar-refractivity contribution in [2.24, 2.45) is 0 Å². The zero-order valence-corrected chi connectivity index (χ0v) is 9.16. The van der Waals surface area contributed by atoms with Crippen molar-refractivity contribution < 1.29 is 14.3 Å². The molecule has 0 radical (unpaired) electrons. The van der Waals surface area contributed by atoms with Crippen LogP contribution in [-0.2, 0) is 4.74 Å². The lowest BCUT2D eigenvalue weighted by molar-refractivity contribution is 0.0597. The molecule has 0 amide bonds. The van der Waals surface area contributed by atoms with Gasteiger partial charge in [-0.15, -0.1) is 0 Å². The van der Waals surface area contributed by atoms with Gasteiger partial charge in [0.1, 0.15) is 0 Å². The third-order valence-electron chi connectivity index (χ3n) is 2.20. The van der Waals surface area contributed by atoms with Crippen molar-refractivity contribution in [2.75, 3.05) is 7.11 Å². The summed E-state index contributed by atoms with van der Waals surface area (Å²) in [5.41, 5.74) is 1.72. The standard InChI is InChI=1S/C12H14O3/c1-4-11(13)9-6-5-8(2)7-10(9)12(14)15-3/h5-7H,4H2,1-3H3. The smallest absolute Gasteiger partial charge is 0.338 e. The summed E-state index contributed by atoms with van der Waals surface area (Å²) in [7, 11) is 1.31. The van der Waals surface area contributed by atoms with Gasteiger partial charge in [0.2, 0.25) is 0 Å². The van der Waals surface area contributed by atoms with Gasteiger partial charge in [-0.2, -0.15) is 0 Å². The highest BCUT2D eigenvalue weighted by molar-refractivity contribution is 6.06. The minimum atomic E-state index is -0.463. The van der Waals surface area contributed by atoms with E-state index >= 15 is 0 Å². The third-order valence-corrected chi connectivity index (χ3v) is 2.20. The van der Waals surface area contributed by atoms with Crippen LogP contribution >= 0.6 is 0 Å². The van der Waals surface area contributed by atoms with Crippen LogP contribution in [-0.4, -0.2) is 18.9 Å². The largest absolute Gasteiger partial charge is 0.465 e. The second-order valence-corrected chi connectivity index (χ2v) is 3.32. The maximum atomic E-state index is 11.6. The van der Waals surface area contributed by atoms with Gasteiger partial charge in [0.25, 0.3) is 0 Å². The van der Waals surface area contributed by atoms with Crippen molar-refractivity contribution in [3.63, 3.8) is 0 Å². The molecule has 1 aromatic carbocycles. The molecule has 0 heterocycles. The molecule has 0 aliphatic rings. The second-order valence-electron chi connectivity index (χ2n) is 3.32. The quantitative estimate of drug-likeness (QED) is 0.563. The van der Waals surface area contributed by atoms with Crippen LogP contribution in [0.15, 0.2) is 18.2 Å². The van der Waals surface area contributed by atoms with E-state index in [9.17, 15) is 9.59 Å². The topological polar surface area (TPSA) is 43.4 Å². The molecule has 3 nitrogen and oxygen atoms in total. The normalized spacial score (nSPS) is 9.80. The van der Waals surface area contributed by atoms with Crippen molar-refractivity contribution in [3.05, 3.63) is 34.9 Å². The molecule has 15 heavy (non-hydrogen) atoms. The number of ketones is 1. The van der Waals surface area contributed by atoms with E-state index in [0.717, 1.165) is 5.56 Å². The average Bonchev–Trinajstić information content (AvgIpc) is 2.26. The number of hydrogen-bond donors (Lipinski definition) is 0. The summed E-state index contributed by atoms with van der Waals surface area (Å²) < 4.78 is 4.64. The van der Waals surface area contributed by atoms with Gasteiger partial charge in [-0.1, -0.05) is 24.6 Å². The molecule has 0 aliphatic heterocycles. The fraction of sp³-hybridized carbons (Fsp3) is 0.333. The Kier molecular flexibility index (Phi) is 3.61. The molecular weight excluding hydrogens is 192 g/mol. The fourth-order valence-corrected chi connectivity index (χ4v) is 1.37. The monoisotopic (exact) mass is 206 g/mol. The molecule has 3 heteroatoms. The summed E-state index contributed by atoms with van der Waals surface area (Å²) in [6.07, 6.45) is 0.382. The number of benzene rings is 1. The molecule has 0 bridgehead atoms. The Morgan fingerprint density at radius 2 is 1.93 bits per heavy atom. The maximum Gasteiger partial charge on any atom is 0.338 e. The van der Waals surface area contributed by atoms with E-state index in [0.29, 0.717) is 17.5 Å². The van der Waals surface area contributed by atoms with Gasteiger partial charge in [0, 0.05) is 12.0 Å². The number of methoxy groups -OCH3 is 1. The van der Waals surface area contributed by atoms with Crippen LogP contribution in [0.2, 0.25) is 0 Å². The molecule has 0 fully saturated rings. The first kappa shape index (κ1) is 11.4. The van der Waals surface area contributed by atoms with E-state index in [1.54, 1.807) is 19.1 Å². The summed E-state index contributed by atoms with van der Waals surface area (Å²) in [6, 6.07) is 5.16. The Bertz CT molecular complexity index is 394. The van der Waals surface area contributed by atoms with Gasteiger partial charge in [-0.3, -0.25) is 4.79 Å². The van der Waals surface area contributed by atoms with Crippen LogP contribution in [0.3, 0.4) is 0 Å². The van der Waals surface area contributed by atoms with E-state index in [-0.39, 0.29) is 5.78 Å². The molecule has 0 aromatic heterocycles. The van der Waals surface area contributed by atoms with Crippen LogP contribution in [0.4, 0.5) is 0 Å². The number of aryl methyl sites for hydroxylation is 1. The molecule has 0 saturated carbocycles. The molecule has 1 rings (SSSR count). The molecule has 0 saturated heterocycles. The second kappa shape index (κ2) is 4.73. The lowest BCUT2D eigenvalue weighted by atomic mass is 10.00. The first-order valence-corrected chi connectivity index (χ1v) is 4.82. The molecule has 0 unspecified atom stereocenters. The number of carbonyl (C=O) groups excluding carboxylic acids is 2. The molecule has 0 N–H and O–H groups in total. The minimum absolute atomic E-state index is 0.0459. The van der Waals surface area contributed by atoms with Crippen LogP contribution in [0.5, 0.6) is 0 Å². The molecule has 1 aromatic rings. The number of carbonyl (C=O) groups is 2. The summed E-state index contributed by atoms with van der Waals surface area (Å²) in [6.45, 7) is 3.63. The van der Waals surface area contributed by atoms with E-state index in [4.69, 9.17) is 0 Å². The lowest BCUT2D eigenvalue weighted by Crippen LogP contribution is -2.10. The van der Waals surface area contributed by atoms with E-state index in [1.165, 1.54) is 7.11 Å². The lowest BCUT2D eigenvalue weighted by Gasteiger charge is -2.06. The molecule has 0 atom stereocenters. The Morgan fingerprint density at radius 3 is 2.47 bits per heavy atom. The zero-order chi connectivity index (χ0) is 11.4. The Morgan fingerprint density at radius 1 is 1.27 bits per heavy atom. The third kappa shape index (κ3) is 2.43. The van der Waals surface area contributed by atoms with E-state index in [1.807, 2.05) is 13.0 Å². The fourth-order valence-electron chi connectivity index (χ4n) is 1.37. The highest BCUT2D eigenvalue weighted by Gasteiger charge is 2.16. The van der Waals surface area contributed by atoms with Crippen molar-refractivity contribution in [2.45, 2.75) is 20.3 Å². The van der Waals surface area contributed by atoms with Gasteiger partial charge in [0.05, 0.1) is 12.7 Å². The molecule has 0 spiro atoms. The number of rotatable bonds is 3. The van der Waals surface area contributed by atoms with Crippen molar-refractivity contribution in [1.82, 2.24) is 0 Å². The van der Waals surface area contributed by atoms with Gasteiger partial charge in [-0.05, 0) is 13.0 Å². The molecular formula is C12H14O3. The Labute approximate surface area is 89.1 Å². The minimum Gasteiger partial charge on any atom is -0.465 e. The van der Waals surface area contributed by atoms with Crippen LogP contribution in [0, 0.1) is 6.92 Å².